The van der Waals surface area contributed by atoms with Gasteiger partial charge in [0.1, 0.15) is 0 Å². The highest BCUT2D eigenvalue weighted by Gasteiger charge is 2.19. The Bertz CT molecular complexity index is 337. The number of hydrogen-bond acceptors (Lipinski definition) is 2. The average molecular weight is 235 g/mol. The molecule has 0 radical (unpaired) electrons. The van der Waals surface area contributed by atoms with Gasteiger partial charge in [-0.1, -0.05) is 32.6 Å². The fraction of sp³-hybridized carbons (Fsp3) is 0.786. The van der Waals surface area contributed by atoms with E-state index in [-0.39, 0.29) is 0 Å². The number of imidazole rings is 1. The van der Waals surface area contributed by atoms with E-state index in [1.54, 1.807) is 0 Å². The van der Waals surface area contributed by atoms with Crippen LogP contribution in [0.4, 0.5) is 5.95 Å². The molecule has 2 rings (SSSR count). The Kier molecular flexibility index (Phi) is 4.46. The topological polar surface area (TPSA) is 29.9 Å². The number of anilines is 1. The molecule has 96 valence electrons. The van der Waals surface area contributed by atoms with Crippen molar-refractivity contribution in [2.24, 2.45) is 0 Å². The molecule has 0 atom stereocenters. The molecule has 1 saturated carbocycles. The first kappa shape index (κ1) is 12.5. The van der Waals surface area contributed by atoms with E-state index in [2.05, 4.69) is 34.9 Å². The Morgan fingerprint density at radius 3 is 2.82 bits per heavy atom. The fourth-order valence-electron chi connectivity index (χ4n) is 2.68. The van der Waals surface area contributed by atoms with Crippen molar-refractivity contribution in [3.8, 4) is 0 Å². The van der Waals surface area contributed by atoms with Crippen molar-refractivity contribution >= 4 is 5.95 Å². The van der Waals surface area contributed by atoms with Crippen LogP contribution in [0.1, 0.15) is 63.6 Å². The van der Waals surface area contributed by atoms with Gasteiger partial charge in [0.05, 0.1) is 5.69 Å². The Morgan fingerprint density at radius 2 is 2.12 bits per heavy atom. The predicted octanol–water partition coefficient (Wildman–Crippen LogP) is 3.91. The minimum absolute atomic E-state index is 0.685. The molecule has 1 aromatic rings. The van der Waals surface area contributed by atoms with Gasteiger partial charge in [-0.2, -0.15) is 0 Å². The molecule has 0 aliphatic heterocycles. The molecule has 1 fully saturated rings. The smallest absolute Gasteiger partial charge is 0.203 e. The van der Waals surface area contributed by atoms with Crippen LogP contribution in [0.3, 0.4) is 0 Å². The molecule has 0 unspecified atom stereocenters. The second-order valence-corrected chi connectivity index (χ2v) is 5.19. The number of aryl methyl sites for hydroxylation is 1. The summed E-state index contributed by atoms with van der Waals surface area (Å²) in [5.41, 5.74) is 1.13. The molecule has 1 aromatic heterocycles. The Balaban J connectivity index is 1.95. The van der Waals surface area contributed by atoms with E-state index in [1.807, 2.05) is 0 Å². The lowest BCUT2D eigenvalue weighted by molar-refractivity contribution is 0.522. The molecule has 0 saturated heterocycles. The second-order valence-electron chi connectivity index (χ2n) is 5.19. The zero-order valence-corrected chi connectivity index (χ0v) is 11.2. The van der Waals surface area contributed by atoms with Crippen LogP contribution in [0.15, 0.2) is 6.20 Å². The van der Waals surface area contributed by atoms with Crippen molar-refractivity contribution in [1.29, 1.82) is 0 Å². The molecule has 1 aliphatic rings. The molecule has 3 heteroatoms. The van der Waals surface area contributed by atoms with E-state index >= 15 is 0 Å². The first-order valence-corrected chi connectivity index (χ1v) is 7.10. The summed E-state index contributed by atoms with van der Waals surface area (Å²) < 4.78 is 2.37. The summed E-state index contributed by atoms with van der Waals surface area (Å²) in [6.07, 6.45) is 11.4. The summed E-state index contributed by atoms with van der Waals surface area (Å²) in [4.78, 5) is 4.60. The van der Waals surface area contributed by atoms with Crippen LogP contribution in [-0.2, 0) is 0 Å². The zero-order chi connectivity index (χ0) is 12.1. The van der Waals surface area contributed by atoms with E-state index in [9.17, 15) is 0 Å². The van der Waals surface area contributed by atoms with Gasteiger partial charge in [0, 0.05) is 18.8 Å². The maximum Gasteiger partial charge on any atom is 0.203 e. The number of unbranched alkanes of at least 4 members (excludes halogenated alkanes) is 2. The minimum Gasteiger partial charge on any atom is -0.356 e. The maximum atomic E-state index is 4.60. The first-order valence-electron chi connectivity index (χ1n) is 7.10. The number of aromatic nitrogens is 2. The normalized spacial score (nSPS) is 16.6. The monoisotopic (exact) mass is 235 g/mol. The van der Waals surface area contributed by atoms with Crippen LogP contribution in [0.2, 0.25) is 0 Å². The van der Waals surface area contributed by atoms with Gasteiger partial charge in [-0.3, -0.25) is 0 Å². The van der Waals surface area contributed by atoms with Crippen LogP contribution >= 0.6 is 0 Å². The summed E-state index contributed by atoms with van der Waals surface area (Å²) in [5.74, 6) is 1.09. The lowest BCUT2D eigenvalue weighted by Crippen LogP contribution is -2.11. The highest BCUT2D eigenvalue weighted by Crippen LogP contribution is 2.32. The molecule has 1 aliphatic carbocycles. The molecule has 3 nitrogen and oxygen atoms in total. The van der Waals surface area contributed by atoms with Crippen molar-refractivity contribution in [3.05, 3.63) is 11.9 Å². The molecule has 0 amide bonds. The summed E-state index contributed by atoms with van der Waals surface area (Å²) in [6, 6.07) is 0.685. The van der Waals surface area contributed by atoms with Crippen LogP contribution in [0, 0.1) is 6.92 Å². The molecular weight excluding hydrogens is 210 g/mol. The van der Waals surface area contributed by atoms with Crippen molar-refractivity contribution in [2.75, 3.05) is 11.9 Å². The van der Waals surface area contributed by atoms with Gasteiger partial charge in [-0.05, 0) is 26.2 Å². The van der Waals surface area contributed by atoms with Crippen LogP contribution in [-0.4, -0.2) is 16.1 Å². The van der Waals surface area contributed by atoms with Crippen molar-refractivity contribution < 1.29 is 0 Å². The first-order chi connectivity index (χ1) is 8.31. The number of rotatable bonds is 6. The summed E-state index contributed by atoms with van der Waals surface area (Å²) in [7, 11) is 0. The van der Waals surface area contributed by atoms with Gasteiger partial charge >= 0.3 is 0 Å². The highest BCUT2D eigenvalue weighted by atomic mass is 15.2. The SMILES string of the molecule is CCCCCNc1nc(C)cn1C1CCCC1. The largest absolute Gasteiger partial charge is 0.356 e. The average Bonchev–Trinajstić information content (AvgIpc) is 2.93. The third kappa shape index (κ3) is 3.24. The van der Waals surface area contributed by atoms with Crippen molar-refractivity contribution in [1.82, 2.24) is 9.55 Å². The van der Waals surface area contributed by atoms with Gasteiger partial charge in [-0.25, -0.2) is 4.98 Å². The van der Waals surface area contributed by atoms with E-state index < -0.39 is 0 Å². The molecule has 0 spiro atoms. The molecule has 1 N–H and O–H groups in total. The van der Waals surface area contributed by atoms with Crippen LogP contribution in [0.25, 0.3) is 0 Å². The van der Waals surface area contributed by atoms with Crippen LogP contribution in [0.5, 0.6) is 0 Å². The number of nitrogens with one attached hydrogen (secondary N) is 1. The predicted molar refractivity (Wildman–Crippen MR) is 72.5 cm³/mol. The Labute approximate surface area is 105 Å². The van der Waals surface area contributed by atoms with Gasteiger partial charge in [0.25, 0.3) is 0 Å². The third-order valence-corrected chi connectivity index (χ3v) is 3.63. The zero-order valence-electron chi connectivity index (χ0n) is 11.2. The quantitative estimate of drug-likeness (QED) is 0.758. The lowest BCUT2D eigenvalue weighted by Gasteiger charge is -2.15. The van der Waals surface area contributed by atoms with Crippen molar-refractivity contribution in [3.63, 3.8) is 0 Å². The Morgan fingerprint density at radius 1 is 1.35 bits per heavy atom. The van der Waals surface area contributed by atoms with Gasteiger partial charge in [-0.15, -0.1) is 0 Å². The summed E-state index contributed by atoms with van der Waals surface area (Å²) in [6.45, 7) is 5.38. The van der Waals surface area contributed by atoms with Gasteiger partial charge < -0.3 is 9.88 Å². The highest BCUT2D eigenvalue weighted by molar-refractivity contribution is 5.29. The second kappa shape index (κ2) is 6.08. The summed E-state index contributed by atoms with van der Waals surface area (Å²) in [5, 5.41) is 3.50. The fourth-order valence-corrected chi connectivity index (χ4v) is 2.68. The number of hydrogen-bond donors (Lipinski definition) is 1. The van der Waals surface area contributed by atoms with Crippen molar-refractivity contribution in [2.45, 2.75) is 64.8 Å². The minimum atomic E-state index is 0.685. The number of nitrogens with zero attached hydrogens (tertiary/aromatic N) is 2. The molecule has 1 heterocycles. The molecule has 0 aromatic carbocycles. The molecular formula is C14H25N3. The van der Waals surface area contributed by atoms with E-state index in [0.717, 1.165) is 18.2 Å². The third-order valence-electron chi connectivity index (χ3n) is 3.63. The van der Waals surface area contributed by atoms with E-state index in [1.165, 1.54) is 44.9 Å². The van der Waals surface area contributed by atoms with E-state index in [4.69, 9.17) is 0 Å². The summed E-state index contributed by atoms with van der Waals surface area (Å²) >= 11 is 0. The van der Waals surface area contributed by atoms with E-state index in [0.29, 0.717) is 6.04 Å². The van der Waals surface area contributed by atoms with Crippen LogP contribution < -0.4 is 5.32 Å². The maximum absolute atomic E-state index is 4.60. The van der Waals surface area contributed by atoms with Gasteiger partial charge in [0.15, 0.2) is 0 Å². The lowest BCUT2D eigenvalue weighted by atomic mass is 10.2. The van der Waals surface area contributed by atoms with Gasteiger partial charge in [0.2, 0.25) is 5.95 Å². The molecule has 0 bridgehead atoms. The molecule has 17 heavy (non-hydrogen) atoms. The Hall–Kier alpha value is -0.990. The standard InChI is InChI=1S/C14H25N3/c1-3-4-7-10-15-14-16-12(2)11-17(14)13-8-5-6-9-13/h11,13H,3-10H2,1-2H3,(H,15,16).